The number of rotatable bonds is 3. The van der Waals surface area contributed by atoms with Gasteiger partial charge in [-0.2, -0.15) is 0 Å². The molecule has 5 nitrogen and oxygen atoms in total. The molecule has 2 aliphatic heterocycles. The molecular formula is C19H30N4O. The molecule has 132 valence electrons. The molecule has 1 amide bonds. The van der Waals surface area contributed by atoms with E-state index in [4.69, 9.17) is 0 Å². The monoisotopic (exact) mass is 330 g/mol. The van der Waals surface area contributed by atoms with Gasteiger partial charge in [-0.05, 0) is 45.6 Å². The molecule has 1 aromatic heterocycles. The number of amides is 1. The van der Waals surface area contributed by atoms with Crippen molar-refractivity contribution in [2.45, 2.75) is 70.9 Å². The molecule has 24 heavy (non-hydrogen) atoms. The number of carbonyl (C=O) groups is 1. The first-order valence-electron chi connectivity index (χ1n) is 9.70. The van der Waals surface area contributed by atoms with Crippen molar-refractivity contribution in [2.24, 2.45) is 5.41 Å². The van der Waals surface area contributed by atoms with E-state index in [0.717, 1.165) is 50.5 Å². The van der Waals surface area contributed by atoms with E-state index in [9.17, 15) is 4.79 Å². The average molecular weight is 330 g/mol. The van der Waals surface area contributed by atoms with Crippen LogP contribution in [0.1, 0.15) is 62.9 Å². The largest absolute Gasteiger partial charge is 0.345 e. The predicted octanol–water partition coefficient (Wildman–Crippen LogP) is 2.87. The Labute approximate surface area is 144 Å². The number of aromatic amines is 1. The summed E-state index contributed by atoms with van der Waals surface area (Å²) in [6.07, 6.45) is 11.5. The number of imidazole rings is 1. The number of aromatic nitrogens is 2. The molecule has 1 aliphatic carbocycles. The fourth-order valence-electron chi connectivity index (χ4n) is 5.07. The third-order valence-corrected chi connectivity index (χ3v) is 6.35. The maximum atomic E-state index is 13.3. The first-order chi connectivity index (χ1) is 11.7. The van der Waals surface area contributed by atoms with E-state index >= 15 is 0 Å². The van der Waals surface area contributed by atoms with Crippen molar-refractivity contribution in [3.63, 3.8) is 0 Å². The Kier molecular flexibility index (Phi) is 4.37. The van der Waals surface area contributed by atoms with Crippen molar-refractivity contribution in [3.05, 3.63) is 17.7 Å². The SMILES string of the molecule is Cc1cnc(CN2CC[C@]3(CCCN(C4CCCCC4)C3=O)C2)[nH]1. The van der Waals surface area contributed by atoms with Crippen LogP contribution < -0.4 is 0 Å². The lowest BCUT2D eigenvalue weighted by atomic mass is 9.77. The third kappa shape index (κ3) is 2.99. The highest BCUT2D eigenvalue weighted by molar-refractivity contribution is 5.84. The molecular weight excluding hydrogens is 300 g/mol. The summed E-state index contributed by atoms with van der Waals surface area (Å²) in [7, 11) is 0. The summed E-state index contributed by atoms with van der Waals surface area (Å²) < 4.78 is 0. The van der Waals surface area contributed by atoms with Crippen LogP contribution in [0.2, 0.25) is 0 Å². The van der Waals surface area contributed by atoms with Crippen molar-refractivity contribution in [2.75, 3.05) is 19.6 Å². The summed E-state index contributed by atoms with van der Waals surface area (Å²) in [5, 5.41) is 0. The normalized spacial score (nSPS) is 29.7. The summed E-state index contributed by atoms with van der Waals surface area (Å²) in [6, 6.07) is 0.519. The Balaban J connectivity index is 1.43. The minimum atomic E-state index is -0.114. The van der Waals surface area contributed by atoms with E-state index in [1.807, 2.05) is 13.1 Å². The van der Waals surface area contributed by atoms with Gasteiger partial charge in [0.05, 0.1) is 12.0 Å². The predicted molar refractivity (Wildman–Crippen MR) is 93.5 cm³/mol. The zero-order chi connectivity index (χ0) is 16.6. The highest BCUT2D eigenvalue weighted by Crippen LogP contribution is 2.42. The number of nitrogens with one attached hydrogen (secondary N) is 1. The maximum Gasteiger partial charge on any atom is 0.230 e. The van der Waals surface area contributed by atoms with Gasteiger partial charge in [-0.25, -0.2) is 4.98 Å². The molecule has 3 aliphatic rings. The summed E-state index contributed by atoms with van der Waals surface area (Å²) in [5.74, 6) is 1.48. The Morgan fingerprint density at radius 2 is 2.04 bits per heavy atom. The maximum absolute atomic E-state index is 13.3. The number of carbonyl (C=O) groups excluding carboxylic acids is 1. The molecule has 1 N–H and O–H groups in total. The molecule has 0 unspecified atom stereocenters. The van der Waals surface area contributed by atoms with E-state index in [1.54, 1.807) is 0 Å². The topological polar surface area (TPSA) is 52.2 Å². The van der Waals surface area contributed by atoms with Gasteiger partial charge in [-0.1, -0.05) is 19.3 Å². The van der Waals surface area contributed by atoms with Gasteiger partial charge in [-0.15, -0.1) is 0 Å². The molecule has 1 spiro atoms. The summed E-state index contributed by atoms with van der Waals surface area (Å²) >= 11 is 0. The summed E-state index contributed by atoms with van der Waals surface area (Å²) in [6.45, 7) is 5.79. The lowest BCUT2D eigenvalue weighted by molar-refractivity contribution is -0.149. The van der Waals surface area contributed by atoms with Crippen LogP contribution in [0.3, 0.4) is 0 Å². The van der Waals surface area contributed by atoms with E-state index in [-0.39, 0.29) is 5.41 Å². The molecule has 1 saturated carbocycles. The average Bonchev–Trinajstić information content (AvgIpc) is 3.19. The van der Waals surface area contributed by atoms with Crippen molar-refractivity contribution < 1.29 is 4.79 Å². The number of piperidine rings is 1. The van der Waals surface area contributed by atoms with Crippen LogP contribution in [0.25, 0.3) is 0 Å². The molecule has 0 bridgehead atoms. The Hall–Kier alpha value is -1.36. The van der Waals surface area contributed by atoms with Gasteiger partial charge in [-0.3, -0.25) is 9.69 Å². The number of hydrogen-bond acceptors (Lipinski definition) is 3. The van der Waals surface area contributed by atoms with Gasteiger partial charge in [0, 0.05) is 31.0 Å². The Morgan fingerprint density at radius 3 is 2.79 bits per heavy atom. The van der Waals surface area contributed by atoms with Gasteiger partial charge < -0.3 is 9.88 Å². The van der Waals surface area contributed by atoms with Crippen LogP contribution in [0.4, 0.5) is 0 Å². The van der Waals surface area contributed by atoms with E-state index in [1.165, 1.54) is 38.5 Å². The second-order valence-corrected chi connectivity index (χ2v) is 8.15. The van der Waals surface area contributed by atoms with Crippen LogP contribution in [-0.2, 0) is 11.3 Å². The molecule has 3 heterocycles. The second-order valence-electron chi connectivity index (χ2n) is 8.15. The molecule has 2 saturated heterocycles. The molecule has 3 fully saturated rings. The molecule has 0 radical (unpaired) electrons. The zero-order valence-corrected chi connectivity index (χ0v) is 14.9. The second kappa shape index (κ2) is 6.51. The molecule has 5 heteroatoms. The highest BCUT2D eigenvalue weighted by atomic mass is 16.2. The molecule has 1 atom stereocenters. The Bertz CT molecular complexity index is 592. The first-order valence-corrected chi connectivity index (χ1v) is 9.70. The summed E-state index contributed by atoms with van der Waals surface area (Å²) in [4.78, 5) is 25.8. The van der Waals surface area contributed by atoms with Crippen LogP contribution in [0.5, 0.6) is 0 Å². The van der Waals surface area contributed by atoms with Crippen LogP contribution in [-0.4, -0.2) is 51.4 Å². The lowest BCUT2D eigenvalue weighted by Gasteiger charge is -2.44. The minimum absolute atomic E-state index is 0.114. The minimum Gasteiger partial charge on any atom is -0.345 e. The van der Waals surface area contributed by atoms with Crippen LogP contribution >= 0.6 is 0 Å². The van der Waals surface area contributed by atoms with E-state index in [2.05, 4.69) is 19.8 Å². The third-order valence-electron chi connectivity index (χ3n) is 6.35. The van der Waals surface area contributed by atoms with Crippen molar-refractivity contribution >= 4 is 5.91 Å². The van der Waals surface area contributed by atoms with Crippen LogP contribution in [0.15, 0.2) is 6.20 Å². The van der Waals surface area contributed by atoms with Gasteiger partial charge in [0.25, 0.3) is 0 Å². The molecule has 1 aromatic rings. The lowest BCUT2D eigenvalue weighted by Crippen LogP contribution is -2.54. The van der Waals surface area contributed by atoms with Gasteiger partial charge in [0.2, 0.25) is 5.91 Å². The fraction of sp³-hybridized carbons (Fsp3) is 0.789. The number of aryl methyl sites for hydroxylation is 1. The molecule has 4 rings (SSSR count). The van der Waals surface area contributed by atoms with E-state index in [0.29, 0.717) is 11.9 Å². The van der Waals surface area contributed by atoms with Gasteiger partial charge in [0.1, 0.15) is 5.82 Å². The fourth-order valence-corrected chi connectivity index (χ4v) is 5.07. The summed E-state index contributed by atoms with van der Waals surface area (Å²) in [5.41, 5.74) is 0.994. The number of hydrogen-bond donors (Lipinski definition) is 1. The zero-order valence-electron chi connectivity index (χ0n) is 14.9. The number of nitrogens with zero attached hydrogens (tertiary/aromatic N) is 3. The molecule has 0 aromatic carbocycles. The van der Waals surface area contributed by atoms with Gasteiger partial charge >= 0.3 is 0 Å². The van der Waals surface area contributed by atoms with Crippen molar-refractivity contribution in [3.8, 4) is 0 Å². The van der Waals surface area contributed by atoms with Crippen molar-refractivity contribution in [1.82, 2.24) is 19.8 Å². The van der Waals surface area contributed by atoms with E-state index < -0.39 is 0 Å². The van der Waals surface area contributed by atoms with Crippen LogP contribution in [0, 0.1) is 12.3 Å². The van der Waals surface area contributed by atoms with Gasteiger partial charge in [0.15, 0.2) is 0 Å². The number of likely N-dealkylation sites (tertiary alicyclic amines) is 2. The number of H-pyrrole nitrogens is 1. The first kappa shape index (κ1) is 16.1. The Morgan fingerprint density at radius 1 is 1.21 bits per heavy atom. The highest BCUT2D eigenvalue weighted by Gasteiger charge is 2.49. The standard InChI is InChI=1S/C19H30N4O/c1-15-12-20-17(21-15)13-22-11-9-19(14-22)8-5-10-23(18(19)24)16-6-3-2-4-7-16/h12,16H,2-11,13-14H2,1H3,(H,20,21)/t19-/m1/s1. The smallest absolute Gasteiger partial charge is 0.230 e. The van der Waals surface area contributed by atoms with Crippen molar-refractivity contribution in [1.29, 1.82) is 0 Å². The quantitative estimate of drug-likeness (QED) is 0.927.